The van der Waals surface area contributed by atoms with Crippen LogP contribution in [0.25, 0.3) is 0 Å². The highest BCUT2D eigenvalue weighted by atomic mass is 16.5. The summed E-state index contributed by atoms with van der Waals surface area (Å²) in [4.78, 5) is 0. The van der Waals surface area contributed by atoms with Crippen LogP contribution < -0.4 is 0 Å². The van der Waals surface area contributed by atoms with Crippen molar-refractivity contribution in [3.8, 4) is 0 Å². The Kier molecular flexibility index (Phi) is 8.45. The first-order chi connectivity index (χ1) is 13.3. The molecule has 3 rings (SSSR count). The second-order valence-electron chi connectivity index (χ2n) is 8.96. The largest absolute Gasteiger partial charge is 0.377 e. The molecule has 1 heteroatoms. The van der Waals surface area contributed by atoms with Gasteiger partial charge in [-0.1, -0.05) is 49.8 Å². The quantitative estimate of drug-likeness (QED) is 0.338. The van der Waals surface area contributed by atoms with E-state index >= 15 is 0 Å². The molecular formula is C26H40O. The summed E-state index contributed by atoms with van der Waals surface area (Å²) in [5.74, 6) is 3.66. The van der Waals surface area contributed by atoms with E-state index in [0.717, 1.165) is 43.3 Å². The van der Waals surface area contributed by atoms with E-state index in [1.165, 1.54) is 63.4 Å². The van der Waals surface area contributed by atoms with E-state index in [9.17, 15) is 0 Å². The molecule has 0 atom stereocenters. The van der Waals surface area contributed by atoms with Crippen LogP contribution >= 0.6 is 0 Å². The molecule has 27 heavy (non-hydrogen) atoms. The molecule has 2 fully saturated rings. The molecule has 0 aromatic heterocycles. The lowest BCUT2D eigenvalue weighted by atomic mass is 9.68. The van der Waals surface area contributed by atoms with Crippen molar-refractivity contribution < 1.29 is 4.74 Å². The summed E-state index contributed by atoms with van der Waals surface area (Å²) >= 11 is 0. The molecule has 1 aromatic rings. The van der Waals surface area contributed by atoms with Crippen LogP contribution in [0.2, 0.25) is 0 Å². The molecule has 0 spiro atoms. The highest BCUT2D eigenvalue weighted by molar-refractivity contribution is 5.25. The summed E-state index contributed by atoms with van der Waals surface area (Å²) in [5.41, 5.74) is 2.88. The zero-order chi connectivity index (χ0) is 18.9. The van der Waals surface area contributed by atoms with Gasteiger partial charge in [-0.2, -0.15) is 0 Å². The third kappa shape index (κ3) is 6.21. The van der Waals surface area contributed by atoms with Gasteiger partial charge < -0.3 is 4.74 Å². The van der Waals surface area contributed by atoms with E-state index in [2.05, 4.69) is 50.3 Å². The lowest BCUT2D eigenvalue weighted by molar-refractivity contribution is 0.118. The molecule has 0 radical (unpaired) electrons. The summed E-state index contributed by atoms with van der Waals surface area (Å²) < 4.78 is 5.75. The minimum absolute atomic E-state index is 0.767. The maximum Gasteiger partial charge on any atom is 0.0716 e. The molecule has 0 amide bonds. The Labute approximate surface area is 167 Å². The van der Waals surface area contributed by atoms with Crippen molar-refractivity contribution in [1.29, 1.82) is 0 Å². The van der Waals surface area contributed by atoms with E-state index < -0.39 is 0 Å². The van der Waals surface area contributed by atoms with Crippen molar-refractivity contribution >= 4 is 0 Å². The summed E-state index contributed by atoms with van der Waals surface area (Å²) in [6.07, 6.45) is 18.5. The molecule has 0 N–H and O–H groups in total. The van der Waals surface area contributed by atoms with E-state index in [0.29, 0.717) is 0 Å². The maximum atomic E-state index is 5.75. The maximum absolute atomic E-state index is 5.75. The zero-order valence-electron chi connectivity index (χ0n) is 17.7. The number of rotatable bonds is 8. The molecule has 0 saturated heterocycles. The third-order valence-corrected chi connectivity index (χ3v) is 7.08. The molecule has 0 heterocycles. The zero-order valence-corrected chi connectivity index (χ0v) is 17.7. The van der Waals surface area contributed by atoms with Crippen molar-refractivity contribution in [1.82, 2.24) is 0 Å². The van der Waals surface area contributed by atoms with Crippen LogP contribution in [0.3, 0.4) is 0 Å². The molecule has 2 saturated carbocycles. The van der Waals surface area contributed by atoms with Gasteiger partial charge >= 0.3 is 0 Å². The molecule has 2 aliphatic carbocycles. The van der Waals surface area contributed by atoms with Crippen LogP contribution in [0.1, 0.15) is 95.1 Å². The van der Waals surface area contributed by atoms with Crippen molar-refractivity contribution in [2.45, 2.75) is 90.6 Å². The lowest BCUT2D eigenvalue weighted by Gasteiger charge is -2.37. The SMILES string of the molecule is C/C=C\[C@H]1CC[C@H](C2CCC(c3ccc(COCCCC)cc3)CC2)CC1. The van der Waals surface area contributed by atoms with Gasteiger partial charge in [-0.3, -0.25) is 0 Å². The van der Waals surface area contributed by atoms with Crippen LogP contribution in [0, 0.1) is 17.8 Å². The van der Waals surface area contributed by atoms with E-state index in [1.54, 1.807) is 5.56 Å². The topological polar surface area (TPSA) is 9.23 Å². The Hall–Kier alpha value is -1.08. The van der Waals surface area contributed by atoms with Crippen molar-refractivity contribution in [3.05, 3.63) is 47.5 Å². The van der Waals surface area contributed by atoms with Crippen LogP contribution in [0.5, 0.6) is 0 Å². The van der Waals surface area contributed by atoms with Gasteiger partial charge in [0.2, 0.25) is 0 Å². The van der Waals surface area contributed by atoms with Gasteiger partial charge in [-0.05, 0) is 99.5 Å². The van der Waals surface area contributed by atoms with E-state index in [1.807, 2.05) is 0 Å². The van der Waals surface area contributed by atoms with Gasteiger partial charge in [0, 0.05) is 6.61 Å². The summed E-state index contributed by atoms with van der Waals surface area (Å²) in [6.45, 7) is 6.03. The fraction of sp³-hybridized carbons (Fsp3) is 0.692. The lowest BCUT2D eigenvalue weighted by Crippen LogP contribution is -2.25. The second kappa shape index (κ2) is 11.1. The smallest absolute Gasteiger partial charge is 0.0716 e. The highest BCUT2D eigenvalue weighted by Gasteiger charge is 2.30. The number of benzene rings is 1. The summed E-state index contributed by atoms with van der Waals surface area (Å²) in [6, 6.07) is 9.31. The fourth-order valence-corrected chi connectivity index (χ4v) is 5.33. The molecule has 0 aliphatic heterocycles. The van der Waals surface area contributed by atoms with E-state index in [-0.39, 0.29) is 0 Å². The van der Waals surface area contributed by atoms with Gasteiger partial charge in [0.15, 0.2) is 0 Å². The van der Waals surface area contributed by atoms with Gasteiger partial charge in [0.25, 0.3) is 0 Å². The monoisotopic (exact) mass is 368 g/mol. The first-order valence-electron chi connectivity index (χ1n) is 11.6. The molecular weight excluding hydrogens is 328 g/mol. The number of hydrogen-bond acceptors (Lipinski definition) is 1. The van der Waals surface area contributed by atoms with Crippen LogP contribution in [-0.2, 0) is 11.3 Å². The molecule has 150 valence electrons. The molecule has 1 nitrogen and oxygen atoms in total. The number of allylic oxidation sites excluding steroid dienone is 2. The van der Waals surface area contributed by atoms with Crippen molar-refractivity contribution in [2.24, 2.45) is 17.8 Å². The standard InChI is InChI=1S/C26H40O/c1-3-5-19-27-20-22-9-13-24(14-10-22)26-17-15-25(16-18-26)23-11-7-21(6-4-2)8-12-23/h4,6,9-10,13-14,21,23,25-26H,3,5,7-8,11-12,15-20H2,1-2H3/b6-4-/t21-,23-,25?,26?. The first-order valence-corrected chi connectivity index (χ1v) is 11.6. The number of ether oxygens (including phenoxy) is 1. The van der Waals surface area contributed by atoms with Crippen LogP contribution in [0.4, 0.5) is 0 Å². The second-order valence-corrected chi connectivity index (χ2v) is 8.96. The fourth-order valence-electron chi connectivity index (χ4n) is 5.33. The predicted molar refractivity (Wildman–Crippen MR) is 116 cm³/mol. The number of unbranched alkanes of at least 4 members (excludes halogenated alkanes) is 1. The average Bonchev–Trinajstić information content (AvgIpc) is 2.73. The first kappa shape index (κ1) is 20.6. The van der Waals surface area contributed by atoms with Crippen LogP contribution in [-0.4, -0.2) is 6.61 Å². The number of hydrogen-bond donors (Lipinski definition) is 0. The van der Waals surface area contributed by atoms with Crippen molar-refractivity contribution in [3.63, 3.8) is 0 Å². The molecule has 0 unspecified atom stereocenters. The molecule has 0 bridgehead atoms. The summed E-state index contributed by atoms with van der Waals surface area (Å²) in [5, 5.41) is 0. The summed E-state index contributed by atoms with van der Waals surface area (Å²) in [7, 11) is 0. The Morgan fingerprint density at radius 3 is 2.11 bits per heavy atom. The molecule has 2 aliphatic rings. The average molecular weight is 369 g/mol. The predicted octanol–water partition coefficient (Wildman–Crippen LogP) is 7.66. The Balaban J connectivity index is 1.41. The van der Waals surface area contributed by atoms with Gasteiger partial charge in [0.05, 0.1) is 6.61 Å². The third-order valence-electron chi connectivity index (χ3n) is 7.08. The normalized spacial score (nSPS) is 29.3. The van der Waals surface area contributed by atoms with Crippen LogP contribution in [0.15, 0.2) is 36.4 Å². The Morgan fingerprint density at radius 2 is 1.52 bits per heavy atom. The Bertz CT molecular complexity index is 542. The minimum Gasteiger partial charge on any atom is -0.377 e. The highest BCUT2D eigenvalue weighted by Crippen LogP contribution is 2.44. The van der Waals surface area contributed by atoms with E-state index in [4.69, 9.17) is 4.74 Å². The minimum atomic E-state index is 0.767. The van der Waals surface area contributed by atoms with Crippen molar-refractivity contribution in [2.75, 3.05) is 6.61 Å². The Morgan fingerprint density at radius 1 is 0.889 bits per heavy atom. The molecule has 1 aromatic carbocycles. The van der Waals surface area contributed by atoms with Gasteiger partial charge in [0.1, 0.15) is 0 Å². The van der Waals surface area contributed by atoms with Gasteiger partial charge in [-0.25, -0.2) is 0 Å². The van der Waals surface area contributed by atoms with Gasteiger partial charge in [-0.15, -0.1) is 0 Å².